The molecule has 1 aromatic rings. The van der Waals surface area contributed by atoms with Crippen molar-refractivity contribution in [2.75, 3.05) is 11.5 Å². The highest BCUT2D eigenvalue weighted by Gasteiger charge is 2.32. The molecule has 3 rings (SSSR count). The summed E-state index contributed by atoms with van der Waals surface area (Å²) in [5.41, 5.74) is 1.34. The minimum atomic E-state index is -0.319. The molecule has 0 aromatic carbocycles. The first-order valence-electron chi connectivity index (χ1n) is 4.70. The Balaban J connectivity index is 2.06. The topological polar surface area (TPSA) is 38.7 Å². The normalized spacial score (nSPS) is 20.2. The van der Waals surface area contributed by atoms with Crippen molar-refractivity contribution in [1.29, 1.82) is 0 Å². The lowest BCUT2D eigenvalue weighted by Crippen LogP contribution is -2.06. The summed E-state index contributed by atoms with van der Waals surface area (Å²) in [5.74, 6) is 1.78. The third kappa shape index (κ3) is 1.70. The van der Waals surface area contributed by atoms with Crippen molar-refractivity contribution < 1.29 is 9.63 Å². The second-order valence-electron chi connectivity index (χ2n) is 3.16. The molecule has 3 nitrogen and oxygen atoms in total. The summed E-state index contributed by atoms with van der Waals surface area (Å²) in [4.78, 5) is 17.4. The maximum atomic E-state index is 11.7. The third-order valence-corrected chi connectivity index (χ3v) is 5.76. The van der Waals surface area contributed by atoms with E-state index in [1.165, 1.54) is 0 Å². The number of carbonyl (C=O) groups excluding carboxylic acids is 1. The zero-order valence-corrected chi connectivity index (χ0v) is 10.6. The quantitative estimate of drug-likeness (QED) is 0.580. The number of hydrogen-bond donors (Lipinski definition) is 0. The summed E-state index contributed by atoms with van der Waals surface area (Å²) in [6.45, 7) is 0. The molecular formula is C10H7NO2S3. The van der Waals surface area contributed by atoms with Gasteiger partial charge in [-0.05, 0) is 11.4 Å². The summed E-state index contributed by atoms with van der Waals surface area (Å²) < 4.78 is 1.05. The van der Waals surface area contributed by atoms with Crippen molar-refractivity contribution in [3.8, 4) is 0 Å². The maximum absolute atomic E-state index is 11.7. The molecule has 0 N–H and O–H groups in total. The third-order valence-electron chi connectivity index (χ3n) is 2.17. The molecule has 1 fully saturated rings. The van der Waals surface area contributed by atoms with Crippen molar-refractivity contribution in [3.63, 3.8) is 0 Å². The Morgan fingerprint density at radius 2 is 2.12 bits per heavy atom. The fourth-order valence-corrected chi connectivity index (χ4v) is 4.72. The number of nitrogens with zero attached hydrogens (tertiary/aromatic N) is 1. The number of hydrogen-bond acceptors (Lipinski definition) is 6. The van der Waals surface area contributed by atoms with Crippen molar-refractivity contribution in [3.05, 3.63) is 32.2 Å². The van der Waals surface area contributed by atoms with Crippen molar-refractivity contribution >= 4 is 46.5 Å². The first kappa shape index (κ1) is 10.4. The monoisotopic (exact) mass is 269 g/mol. The lowest BCUT2D eigenvalue weighted by molar-refractivity contribution is -0.136. The van der Waals surface area contributed by atoms with Crippen molar-refractivity contribution in [2.24, 2.45) is 5.16 Å². The standard InChI is InChI=1S/C10H7NO2S3/c12-9-7(10-15-4-5-16-10)8(11-13-9)6-2-1-3-14-6/h1-3H,4-5H2. The molecule has 1 aromatic heterocycles. The summed E-state index contributed by atoms with van der Waals surface area (Å²) >= 11 is 4.99. The molecule has 0 saturated carbocycles. The van der Waals surface area contributed by atoms with E-state index >= 15 is 0 Å². The summed E-state index contributed by atoms with van der Waals surface area (Å²) in [6.07, 6.45) is 0. The van der Waals surface area contributed by atoms with Gasteiger partial charge in [-0.3, -0.25) is 0 Å². The van der Waals surface area contributed by atoms with Gasteiger partial charge in [-0.15, -0.1) is 34.9 Å². The summed E-state index contributed by atoms with van der Waals surface area (Å²) in [7, 11) is 0. The first-order valence-corrected chi connectivity index (χ1v) is 7.55. The molecule has 0 atom stereocenters. The van der Waals surface area contributed by atoms with Gasteiger partial charge in [0.1, 0.15) is 11.3 Å². The van der Waals surface area contributed by atoms with Crippen LogP contribution < -0.4 is 0 Å². The lowest BCUT2D eigenvalue weighted by Gasteiger charge is -1.99. The highest BCUT2D eigenvalue weighted by atomic mass is 32.2. The van der Waals surface area contributed by atoms with Gasteiger partial charge in [0.25, 0.3) is 0 Å². The predicted molar refractivity (Wildman–Crippen MR) is 68.9 cm³/mol. The zero-order chi connectivity index (χ0) is 11.0. The Hall–Kier alpha value is -0.720. The molecule has 0 unspecified atom stereocenters. The van der Waals surface area contributed by atoms with Gasteiger partial charge in [-0.25, -0.2) is 4.79 Å². The van der Waals surface area contributed by atoms with Crippen LogP contribution in [-0.2, 0) is 9.63 Å². The summed E-state index contributed by atoms with van der Waals surface area (Å²) in [5, 5.41) is 5.85. The smallest absolute Gasteiger partial charge is 0.312 e. The SMILES string of the molecule is O=C1ON=C(c2cccs2)C1=C1SCCS1. The molecule has 0 aliphatic carbocycles. The summed E-state index contributed by atoms with van der Waals surface area (Å²) in [6, 6.07) is 3.90. The Kier molecular flexibility index (Phi) is 2.79. The highest BCUT2D eigenvalue weighted by molar-refractivity contribution is 8.25. The molecule has 1 saturated heterocycles. The van der Waals surface area contributed by atoms with E-state index in [4.69, 9.17) is 4.84 Å². The number of carbonyl (C=O) groups is 1. The van der Waals surface area contributed by atoms with Gasteiger partial charge in [-0.1, -0.05) is 11.2 Å². The minimum Gasteiger partial charge on any atom is -0.312 e. The fraction of sp³-hybridized carbons (Fsp3) is 0.200. The van der Waals surface area contributed by atoms with E-state index in [9.17, 15) is 4.79 Å². The van der Waals surface area contributed by atoms with Crippen LogP contribution in [0, 0.1) is 0 Å². The van der Waals surface area contributed by atoms with Crippen LogP contribution in [0.15, 0.2) is 32.5 Å². The van der Waals surface area contributed by atoms with Gasteiger partial charge in [0.2, 0.25) is 0 Å². The van der Waals surface area contributed by atoms with E-state index < -0.39 is 0 Å². The van der Waals surface area contributed by atoms with Gasteiger partial charge in [0.15, 0.2) is 0 Å². The van der Waals surface area contributed by atoms with E-state index in [0.29, 0.717) is 11.3 Å². The Bertz CT molecular complexity index is 482. The average Bonchev–Trinajstić information content (AvgIpc) is 2.96. The van der Waals surface area contributed by atoms with Crippen LogP contribution in [0.5, 0.6) is 0 Å². The van der Waals surface area contributed by atoms with E-state index in [-0.39, 0.29) is 5.97 Å². The Morgan fingerprint density at radius 1 is 1.31 bits per heavy atom. The van der Waals surface area contributed by atoms with E-state index in [1.807, 2.05) is 17.5 Å². The van der Waals surface area contributed by atoms with Crippen LogP contribution in [0.2, 0.25) is 0 Å². The molecule has 0 bridgehead atoms. The van der Waals surface area contributed by atoms with Crippen LogP contribution in [0.1, 0.15) is 4.88 Å². The van der Waals surface area contributed by atoms with Crippen LogP contribution in [-0.4, -0.2) is 23.2 Å². The number of oxime groups is 1. The molecular weight excluding hydrogens is 262 g/mol. The molecule has 0 spiro atoms. The van der Waals surface area contributed by atoms with E-state index in [0.717, 1.165) is 20.6 Å². The molecule has 6 heteroatoms. The molecule has 0 radical (unpaired) electrons. The molecule has 82 valence electrons. The highest BCUT2D eigenvalue weighted by Crippen LogP contribution is 2.41. The predicted octanol–water partition coefficient (Wildman–Crippen LogP) is 2.70. The van der Waals surface area contributed by atoms with Gasteiger partial charge < -0.3 is 4.84 Å². The van der Waals surface area contributed by atoms with Crippen LogP contribution >= 0.6 is 34.9 Å². The van der Waals surface area contributed by atoms with Crippen LogP contribution in [0.25, 0.3) is 0 Å². The van der Waals surface area contributed by atoms with Crippen LogP contribution in [0.3, 0.4) is 0 Å². The van der Waals surface area contributed by atoms with Crippen molar-refractivity contribution in [1.82, 2.24) is 0 Å². The average molecular weight is 269 g/mol. The molecule has 2 aliphatic rings. The maximum Gasteiger partial charge on any atom is 0.369 e. The van der Waals surface area contributed by atoms with Crippen molar-refractivity contribution in [2.45, 2.75) is 0 Å². The van der Waals surface area contributed by atoms with E-state index in [1.54, 1.807) is 34.9 Å². The zero-order valence-electron chi connectivity index (χ0n) is 8.13. The lowest BCUT2D eigenvalue weighted by atomic mass is 10.1. The Labute approximate surface area is 105 Å². The second kappa shape index (κ2) is 4.27. The number of thioether (sulfide) groups is 2. The fourth-order valence-electron chi connectivity index (χ4n) is 1.49. The van der Waals surface area contributed by atoms with Gasteiger partial charge in [-0.2, -0.15) is 0 Å². The van der Waals surface area contributed by atoms with Gasteiger partial charge in [0, 0.05) is 11.5 Å². The Morgan fingerprint density at radius 3 is 2.81 bits per heavy atom. The molecule has 3 heterocycles. The molecule has 16 heavy (non-hydrogen) atoms. The first-order chi connectivity index (χ1) is 7.86. The number of thiophene rings is 1. The number of rotatable bonds is 1. The largest absolute Gasteiger partial charge is 0.369 e. The minimum absolute atomic E-state index is 0.319. The van der Waals surface area contributed by atoms with E-state index in [2.05, 4.69) is 5.16 Å². The van der Waals surface area contributed by atoms with Crippen LogP contribution in [0.4, 0.5) is 0 Å². The second-order valence-corrected chi connectivity index (χ2v) is 6.57. The molecule has 0 amide bonds. The molecule has 2 aliphatic heterocycles. The van der Waals surface area contributed by atoms with Gasteiger partial charge in [0.05, 0.1) is 9.11 Å². The van der Waals surface area contributed by atoms with Gasteiger partial charge >= 0.3 is 5.97 Å².